The van der Waals surface area contributed by atoms with Crippen molar-refractivity contribution in [3.63, 3.8) is 0 Å². The first-order chi connectivity index (χ1) is 10.3. The monoisotopic (exact) mass is 284 g/mol. The normalized spacial score (nSPS) is 18.8. The molecular weight excluding hydrogens is 264 g/mol. The number of nitrogens with one attached hydrogen (secondary N) is 1. The van der Waals surface area contributed by atoms with Crippen molar-refractivity contribution in [3.8, 4) is 0 Å². The van der Waals surface area contributed by atoms with Gasteiger partial charge in [-0.2, -0.15) is 0 Å². The summed E-state index contributed by atoms with van der Waals surface area (Å²) in [5.41, 5.74) is 3.11. The van der Waals surface area contributed by atoms with E-state index < -0.39 is 0 Å². The van der Waals surface area contributed by atoms with E-state index in [0.717, 1.165) is 13.1 Å². The van der Waals surface area contributed by atoms with Crippen molar-refractivity contribution in [2.24, 2.45) is 0 Å². The van der Waals surface area contributed by atoms with Crippen LogP contribution < -0.4 is 0 Å². The average Bonchev–Trinajstić information content (AvgIpc) is 3.18. The Balaban J connectivity index is 1.69. The van der Waals surface area contributed by atoms with Crippen LogP contribution in [0.5, 0.6) is 0 Å². The van der Waals surface area contributed by atoms with E-state index in [4.69, 9.17) is 4.74 Å². The topological polar surface area (TPSA) is 45.3 Å². The van der Waals surface area contributed by atoms with Gasteiger partial charge in [-0.25, -0.2) is 4.79 Å². The summed E-state index contributed by atoms with van der Waals surface area (Å²) in [6.07, 6.45) is 4.40. The molecule has 0 amide bonds. The number of likely N-dealkylation sites (tertiary alicyclic amines) is 1. The zero-order chi connectivity index (χ0) is 14.7. The molecule has 0 aliphatic carbocycles. The number of carbonyl (C=O) groups is 1. The van der Waals surface area contributed by atoms with Crippen LogP contribution in [0.15, 0.2) is 42.6 Å². The number of benzene rings is 1. The van der Waals surface area contributed by atoms with Gasteiger partial charge in [-0.1, -0.05) is 12.1 Å². The van der Waals surface area contributed by atoms with E-state index in [2.05, 4.69) is 22.0 Å². The first kappa shape index (κ1) is 13.9. The van der Waals surface area contributed by atoms with Gasteiger partial charge in [-0.05, 0) is 49.2 Å². The molecule has 1 saturated heterocycles. The third-order valence-corrected chi connectivity index (χ3v) is 4.11. The molecule has 1 N–H and O–H groups in total. The van der Waals surface area contributed by atoms with Crippen LogP contribution in [-0.2, 0) is 11.3 Å². The Hall–Kier alpha value is -2.07. The maximum atomic E-state index is 11.4. The van der Waals surface area contributed by atoms with Crippen LogP contribution in [0.25, 0.3) is 0 Å². The lowest BCUT2D eigenvalue weighted by molar-refractivity contribution is 0.0600. The van der Waals surface area contributed by atoms with Gasteiger partial charge in [0.15, 0.2) is 0 Å². The quantitative estimate of drug-likeness (QED) is 0.877. The van der Waals surface area contributed by atoms with Crippen molar-refractivity contribution in [1.82, 2.24) is 9.88 Å². The molecular formula is C17H20N2O2. The predicted octanol–water partition coefficient (Wildman–Crippen LogP) is 3.14. The van der Waals surface area contributed by atoms with E-state index in [1.54, 1.807) is 0 Å². The zero-order valence-corrected chi connectivity index (χ0v) is 12.2. The molecule has 1 aromatic carbocycles. The van der Waals surface area contributed by atoms with Crippen molar-refractivity contribution in [2.45, 2.75) is 25.4 Å². The summed E-state index contributed by atoms with van der Waals surface area (Å²) >= 11 is 0. The van der Waals surface area contributed by atoms with Gasteiger partial charge < -0.3 is 9.72 Å². The first-order valence-electron chi connectivity index (χ1n) is 7.32. The number of hydrogen-bond donors (Lipinski definition) is 1. The second-order valence-corrected chi connectivity index (χ2v) is 5.44. The van der Waals surface area contributed by atoms with Crippen LogP contribution in [0.4, 0.5) is 0 Å². The molecule has 0 spiro atoms. The largest absolute Gasteiger partial charge is 0.465 e. The number of aromatic amines is 1. The Morgan fingerprint density at radius 3 is 2.81 bits per heavy atom. The number of ether oxygens (including phenoxy) is 1. The van der Waals surface area contributed by atoms with Crippen molar-refractivity contribution in [2.75, 3.05) is 13.7 Å². The lowest BCUT2D eigenvalue weighted by Crippen LogP contribution is -2.23. The minimum atomic E-state index is -0.285. The molecule has 21 heavy (non-hydrogen) atoms. The molecule has 1 fully saturated rings. The van der Waals surface area contributed by atoms with Crippen molar-refractivity contribution in [1.29, 1.82) is 0 Å². The summed E-state index contributed by atoms with van der Waals surface area (Å²) in [5, 5.41) is 0. The molecule has 1 aliphatic heterocycles. The Bertz CT molecular complexity index is 590. The molecule has 2 heterocycles. The van der Waals surface area contributed by atoms with Gasteiger partial charge in [0.1, 0.15) is 0 Å². The molecule has 0 bridgehead atoms. The Morgan fingerprint density at radius 2 is 2.14 bits per heavy atom. The molecule has 110 valence electrons. The van der Waals surface area contributed by atoms with Crippen LogP contribution in [-0.4, -0.2) is 29.5 Å². The molecule has 1 atom stereocenters. The van der Waals surface area contributed by atoms with Crippen molar-refractivity contribution >= 4 is 5.97 Å². The summed E-state index contributed by atoms with van der Waals surface area (Å²) in [7, 11) is 1.40. The molecule has 0 saturated carbocycles. The van der Waals surface area contributed by atoms with Gasteiger partial charge in [0, 0.05) is 18.4 Å². The van der Waals surface area contributed by atoms with Crippen LogP contribution >= 0.6 is 0 Å². The minimum Gasteiger partial charge on any atom is -0.465 e. The fourth-order valence-corrected chi connectivity index (χ4v) is 3.02. The third-order valence-electron chi connectivity index (χ3n) is 4.11. The van der Waals surface area contributed by atoms with E-state index >= 15 is 0 Å². The number of esters is 1. The first-order valence-corrected chi connectivity index (χ1v) is 7.32. The average molecular weight is 284 g/mol. The van der Waals surface area contributed by atoms with Gasteiger partial charge in [-0.15, -0.1) is 0 Å². The van der Waals surface area contributed by atoms with Crippen LogP contribution in [0.2, 0.25) is 0 Å². The predicted molar refractivity (Wildman–Crippen MR) is 81.0 cm³/mol. The Labute approximate surface area is 124 Å². The lowest BCUT2D eigenvalue weighted by Gasteiger charge is -2.23. The summed E-state index contributed by atoms with van der Waals surface area (Å²) in [6.45, 7) is 2.02. The van der Waals surface area contributed by atoms with Gasteiger partial charge in [0.25, 0.3) is 0 Å². The molecule has 1 aliphatic rings. The highest BCUT2D eigenvalue weighted by molar-refractivity contribution is 5.89. The van der Waals surface area contributed by atoms with E-state index in [-0.39, 0.29) is 5.97 Å². The second kappa shape index (κ2) is 6.14. The summed E-state index contributed by atoms with van der Waals surface area (Å²) in [5.74, 6) is -0.285. The highest BCUT2D eigenvalue weighted by Gasteiger charge is 2.26. The number of nitrogens with zero attached hydrogens (tertiary/aromatic N) is 1. The number of hydrogen-bond acceptors (Lipinski definition) is 3. The van der Waals surface area contributed by atoms with Gasteiger partial charge >= 0.3 is 5.97 Å². The van der Waals surface area contributed by atoms with Crippen LogP contribution in [0.1, 0.15) is 40.5 Å². The fourth-order valence-electron chi connectivity index (χ4n) is 3.02. The summed E-state index contributed by atoms with van der Waals surface area (Å²) in [4.78, 5) is 17.2. The highest BCUT2D eigenvalue weighted by Crippen LogP contribution is 2.32. The molecule has 4 nitrogen and oxygen atoms in total. The fraction of sp³-hybridized carbons (Fsp3) is 0.353. The maximum absolute atomic E-state index is 11.4. The van der Waals surface area contributed by atoms with Crippen LogP contribution in [0, 0.1) is 0 Å². The van der Waals surface area contributed by atoms with Gasteiger partial charge in [0.2, 0.25) is 0 Å². The second-order valence-electron chi connectivity index (χ2n) is 5.44. The standard InChI is InChI=1S/C17H20N2O2/c1-21-17(20)14-8-6-13(7-9-14)12-19-11-3-5-16(19)15-4-2-10-18-15/h2,4,6-10,16,18H,3,5,11-12H2,1H3/t16-/m1/s1. The van der Waals surface area contributed by atoms with E-state index in [1.807, 2.05) is 30.5 Å². The smallest absolute Gasteiger partial charge is 0.337 e. The number of aromatic nitrogens is 1. The number of rotatable bonds is 4. The van der Waals surface area contributed by atoms with Gasteiger partial charge in [0.05, 0.1) is 18.7 Å². The van der Waals surface area contributed by atoms with Crippen molar-refractivity contribution in [3.05, 3.63) is 59.4 Å². The lowest BCUT2D eigenvalue weighted by atomic mass is 10.1. The molecule has 3 rings (SSSR count). The molecule has 0 unspecified atom stereocenters. The SMILES string of the molecule is COC(=O)c1ccc(CN2CCC[C@@H]2c2ccc[nH]2)cc1. The molecule has 0 radical (unpaired) electrons. The molecule has 2 aromatic rings. The van der Waals surface area contributed by atoms with Crippen molar-refractivity contribution < 1.29 is 9.53 Å². The Morgan fingerprint density at radius 1 is 1.33 bits per heavy atom. The van der Waals surface area contributed by atoms with Crippen LogP contribution in [0.3, 0.4) is 0 Å². The summed E-state index contributed by atoms with van der Waals surface area (Å²) in [6, 6.07) is 12.4. The number of methoxy groups -OCH3 is 1. The molecule has 1 aromatic heterocycles. The van der Waals surface area contributed by atoms with Gasteiger partial charge in [-0.3, -0.25) is 4.90 Å². The maximum Gasteiger partial charge on any atom is 0.337 e. The van der Waals surface area contributed by atoms with E-state index in [9.17, 15) is 4.79 Å². The molecule has 4 heteroatoms. The number of H-pyrrole nitrogens is 1. The minimum absolute atomic E-state index is 0.285. The third kappa shape index (κ3) is 3.00. The zero-order valence-electron chi connectivity index (χ0n) is 12.2. The highest BCUT2D eigenvalue weighted by atomic mass is 16.5. The van der Waals surface area contributed by atoms with E-state index in [1.165, 1.54) is 31.2 Å². The van der Waals surface area contributed by atoms with E-state index in [0.29, 0.717) is 11.6 Å². The Kier molecular flexibility index (Phi) is 4.06. The summed E-state index contributed by atoms with van der Waals surface area (Å²) < 4.78 is 4.72. The number of carbonyl (C=O) groups excluding carboxylic acids is 1.